The lowest BCUT2D eigenvalue weighted by molar-refractivity contribution is 0.0235. The molecule has 0 spiro atoms. The van der Waals surface area contributed by atoms with Gasteiger partial charge in [0, 0.05) is 17.8 Å². The summed E-state index contributed by atoms with van der Waals surface area (Å²) in [6, 6.07) is 9.42. The molecule has 2 aromatic heterocycles. The zero-order valence-corrected chi connectivity index (χ0v) is 14.8. The van der Waals surface area contributed by atoms with Crippen molar-refractivity contribution in [2.75, 3.05) is 0 Å². The van der Waals surface area contributed by atoms with Crippen molar-refractivity contribution < 1.29 is 9.90 Å². The third-order valence-corrected chi connectivity index (χ3v) is 5.05. The summed E-state index contributed by atoms with van der Waals surface area (Å²) in [6.07, 6.45) is 3.87. The standard InChI is InChI=1S/C20H20N4O3/c1-11-21-10-16(19(26)23-11)20(27)24-18(13-7-15(25)8-13)14-6-12-4-2-3-5-17(12)22-9-14/h2-6,9-10,13,15,18,25H,7-8H2,1H3,(H,24,27)(H,21,23,26). The van der Waals surface area contributed by atoms with Gasteiger partial charge in [-0.25, -0.2) is 4.98 Å². The van der Waals surface area contributed by atoms with Gasteiger partial charge >= 0.3 is 0 Å². The van der Waals surface area contributed by atoms with Crippen molar-refractivity contribution in [1.29, 1.82) is 0 Å². The molecule has 7 nitrogen and oxygen atoms in total. The van der Waals surface area contributed by atoms with E-state index in [4.69, 9.17) is 0 Å². The van der Waals surface area contributed by atoms with Gasteiger partial charge in [0.2, 0.25) is 0 Å². The van der Waals surface area contributed by atoms with E-state index in [-0.39, 0.29) is 23.6 Å². The molecule has 1 unspecified atom stereocenters. The summed E-state index contributed by atoms with van der Waals surface area (Å²) in [6.45, 7) is 1.66. The fraction of sp³-hybridized carbons (Fsp3) is 0.300. The summed E-state index contributed by atoms with van der Waals surface area (Å²) in [7, 11) is 0. The molecule has 1 amide bonds. The van der Waals surface area contributed by atoms with Crippen LogP contribution in [0.25, 0.3) is 10.9 Å². The van der Waals surface area contributed by atoms with Crippen LogP contribution in [0.1, 0.15) is 40.6 Å². The van der Waals surface area contributed by atoms with Gasteiger partial charge in [-0.05, 0) is 43.4 Å². The molecule has 0 saturated heterocycles. The van der Waals surface area contributed by atoms with Crippen LogP contribution in [0.5, 0.6) is 0 Å². The highest BCUT2D eigenvalue weighted by atomic mass is 16.3. The summed E-state index contributed by atoms with van der Waals surface area (Å²) in [5, 5.41) is 13.6. The number of aliphatic hydroxyl groups is 1. The Balaban J connectivity index is 1.66. The average molecular weight is 364 g/mol. The van der Waals surface area contributed by atoms with E-state index in [1.54, 1.807) is 13.1 Å². The van der Waals surface area contributed by atoms with Crippen molar-refractivity contribution in [3.8, 4) is 0 Å². The first-order valence-corrected chi connectivity index (χ1v) is 8.91. The molecular formula is C20H20N4O3. The minimum atomic E-state index is -0.483. The van der Waals surface area contributed by atoms with Crippen molar-refractivity contribution in [3.05, 3.63) is 70.0 Å². The molecule has 4 rings (SSSR count). The van der Waals surface area contributed by atoms with E-state index >= 15 is 0 Å². The molecule has 0 bridgehead atoms. The number of aryl methyl sites for hydroxylation is 1. The molecule has 0 radical (unpaired) electrons. The van der Waals surface area contributed by atoms with Crippen molar-refractivity contribution in [2.45, 2.75) is 31.9 Å². The minimum Gasteiger partial charge on any atom is -0.393 e. The Morgan fingerprint density at radius 1 is 1.26 bits per heavy atom. The molecule has 0 aliphatic heterocycles. The van der Waals surface area contributed by atoms with Crippen LogP contribution in [-0.2, 0) is 0 Å². The molecular weight excluding hydrogens is 344 g/mol. The molecule has 7 heteroatoms. The monoisotopic (exact) mass is 364 g/mol. The van der Waals surface area contributed by atoms with E-state index in [0.717, 1.165) is 16.5 Å². The predicted molar refractivity (Wildman–Crippen MR) is 100 cm³/mol. The molecule has 27 heavy (non-hydrogen) atoms. The number of para-hydroxylation sites is 1. The Morgan fingerprint density at radius 2 is 2.04 bits per heavy atom. The number of hydrogen-bond donors (Lipinski definition) is 3. The normalized spacial score (nSPS) is 20.1. The topological polar surface area (TPSA) is 108 Å². The molecule has 3 N–H and O–H groups in total. The first-order chi connectivity index (χ1) is 13.0. The van der Waals surface area contributed by atoms with E-state index in [2.05, 4.69) is 20.3 Å². The second kappa shape index (κ2) is 6.92. The summed E-state index contributed by atoms with van der Waals surface area (Å²) in [5.74, 6) is 0.0571. The van der Waals surface area contributed by atoms with Gasteiger partial charge in [0.05, 0.1) is 17.7 Å². The lowest BCUT2D eigenvalue weighted by Crippen LogP contribution is -2.42. The summed E-state index contributed by atoms with van der Waals surface area (Å²) < 4.78 is 0. The second-order valence-electron chi connectivity index (χ2n) is 7.01. The van der Waals surface area contributed by atoms with Crippen molar-refractivity contribution >= 4 is 16.8 Å². The van der Waals surface area contributed by atoms with Crippen LogP contribution in [0.3, 0.4) is 0 Å². The number of benzene rings is 1. The van der Waals surface area contributed by atoms with Gasteiger partial charge in [-0.3, -0.25) is 14.6 Å². The highest BCUT2D eigenvalue weighted by Gasteiger charge is 2.36. The van der Waals surface area contributed by atoms with E-state index in [0.29, 0.717) is 18.7 Å². The first-order valence-electron chi connectivity index (χ1n) is 8.91. The number of amides is 1. The number of aromatic nitrogens is 3. The van der Waals surface area contributed by atoms with E-state index in [1.165, 1.54) is 6.20 Å². The molecule has 1 saturated carbocycles. The maximum atomic E-state index is 12.7. The Morgan fingerprint density at radius 3 is 2.78 bits per heavy atom. The van der Waals surface area contributed by atoms with E-state index in [1.807, 2.05) is 30.3 Å². The molecule has 1 aromatic carbocycles. The zero-order valence-electron chi connectivity index (χ0n) is 14.8. The average Bonchev–Trinajstić information content (AvgIpc) is 2.63. The van der Waals surface area contributed by atoms with Gasteiger partial charge in [-0.2, -0.15) is 0 Å². The Hall–Kier alpha value is -3.06. The first kappa shape index (κ1) is 17.4. The maximum Gasteiger partial charge on any atom is 0.263 e. The number of carbonyl (C=O) groups excluding carboxylic acids is 1. The van der Waals surface area contributed by atoms with Crippen LogP contribution >= 0.6 is 0 Å². The SMILES string of the molecule is Cc1ncc(C(=O)NC(c2cnc3ccccc3c2)C2CC(O)C2)c(=O)[nH]1. The summed E-state index contributed by atoms with van der Waals surface area (Å²) in [4.78, 5) is 35.8. The third-order valence-electron chi connectivity index (χ3n) is 5.05. The van der Waals surface area contributed by atoms with Crippen LogP contribution in [0.4, 0.5) is 0 Å². The number of H-pyrrole nitrogens is 1. The largest absolute Gasteiger partial charge is 0.393 e. The van der Waals surface area contributed by atoms with Crippen molar-refractivity contribution in [3.63, 3.8) is 0 Å². The van der Waals surface area contributed by atoms with Gasteiger partial charge in [-0.15, -0.1) is 0 Å². The lowest BCUT2D eigenvalue weighted by atomic mass is 9.75. The number of hydrogen-bond acceptors (Lipinski definition) is 5. The fourth-order valence-electron chi connectivity index (χ4n) is 3.50. The summed E-state index contributed by atoms with van der Waals surface area (Å²) >= 11 is 0. The highest BCUT2D eigenvalue weighted by molar-refractivity contribution is 5.93. The summed E-state index contributed by atoms with van der Waals surface area (Å²) in [5.41, 5.74) is 1.23. The van der Waals surface area contributed by atoms with Crippen LogP contribution in [0, 0.1) is 12.8 Å². The Labute approximate surface area is 155 Å². The molecule has 3 aromatic rings. The Kier molecular flexibility index (Phi) is 4.45. The van der Waals surface area contributed by atoms with E-state index in [9.17, 15) is 14.7 Å². The number of nitrogens with zero attached hydrogens (tertiary/aromatic N) is 2. The van der Waals surface area contributed by atoms with Gasteiger partial charge in [0.15, 0.2) is 0 Å². The molecule has 1 aliphatic carbocycles. The van der Waals surface area contributed by atoms with Gasteiger partial charge in [0.25, 0.3) is 11.5 Å². The third kappa shape index (κ3) is 3.46. The number of rotatable bonds is 4. The minimum absolute atomic E-state index is 0.0285. The second-order valence-corrected chi connectivity index (χ2v) is 7.01. The van der Waals surface area contributed by atoms with Crippen molar-refractivity contribution in [2.24, 2.45) is 5.92 Å². The highest BCUT2D eigenvalue weighted by Crippen LogP contribution is 2.38. The zero-order chi connectivity index (χ0) is 19.0. The van der Waals surface area contributed by atoms with Gasteiger partial charge in [0.1, 0.15) is 11.4 Å². The van der Waals surface area contributed by atoms with Gasteiger partial charge in [-0.1, -0.05) is 18.2 Å². The van der Waals surface area contributed by atoms with Crippen LogP contribution < -0.4 is 10.9 Å². The molecule has 1 aliphatic rings. The smallest absolute Gasteiger partial charge is 0.263 e. The number of pyridine rings is 1. The predicted octanol–water partition coefficient (Wildman–Crippen LogP) is 1.87. The maximum absolute atomic E-state index is 12.7. The molecule has 2 heterocycles. The number of aromatic amines is 1. The molecule has 1 atom stereocenters. The quantitative estimate of drug-likeness (QED) is 0.655. The van der Waals surface area contributed by atoms with E-state index < -0.39 is 11.5 Å². The van der Waals surface area contributed by atoms with Crippen LogP contribution in [-0.4, -0.2) is 32.1 Å². The molecule has 138 valence electrons. The number of fused-ring (bicyclic) bond motifs is 1. The van der Waals surface area contributed by atoms with Gasteiger partial charge < -0.3 is 15.4 Å². The number of nitrogens with one attached hydrogen (secondary N) is 2. The van der Waals surface area contributed by atoms with Crippen molar-refractivity contribution in [1.82, 2.24) is 20.3 Å². The fourth-order valence-corrected chi connectivity index (χ4v) is 3.50. The molecule has 1 fully saturated rings. The van der Waals surface area contributed by atoms with Crippen LogP contribution in [0.15, 0.2) is 47.5 Å². The van der Waals surface area contributed by atoms with Crippen LogP contribution in [0.2, 0.25) is 0 Å². The number of carbonyl (C=O) groups is 1. The lowest BCUT2D eigenvalue weighted by Gasteiger charge is -2.38. The Bertz CT molecular complexity index is 1060. The number of aliphatic hydroxyl groups excluding tert-OH is 1.